The van der Waals surface area contributed by atoms with Crippen molar-refractivity contribution in [3.05, 3.63) is 29.3 Å². The van der Waals surface area contributed by atoms with Gasteiger partial charge in [0.2, 0.25) is 0 Å². The van der Waals surface area contributed by atoms with Crippen molar-refractivity contribution in [1.29, 1.82) is 0 Å². The molecule has 0 amide bonds. The van der Waals surface area contributed by atoms with Crippen LogP contribution < -0.4 is 0 Å². The van der Waals surface area contributed by atoms with Gasteiger partial charge in [-0.1, -0.05) is 0 Å². The van der Waals surface area contributed by atoms with Gasteiger partial charge in [-0.2, -0.15) is 0 Å². The molecule has 0 aliphatic carbocycles. The van der Waals surface area contributed by atoms with Crippen molar-refractivity contribution >= 4 is 15.9 Å². The maximum atomic E-state index is 5.34. The number of nitrogens with zero attached hydrogens (tertiary/aromatic N) is 2. The van der Waals surface area contributed by atoms with E-state index in [0.29, 0.717) is 6.04 Å². The minimum atomic E-state index is 0.354. The fourth-order valence-corrected chi connectivity index (χ4v) is 2.14. The SMILES string of the molecule is CC(C)n1c(-c2ccco2)cnc1Br. The Balaban J connectivity index is 2.54. The van der Waals surface area contributed by atoms with Crippen LogP contribution in [-0.2, 0) is 0 Å². The molecule has 4 heteroatoms. The average Bonchev–Trinajstić information content (AvgIpc) is 2.70. The van der Waals surface area contributed by atoms with Gasteiger partial charge in [-0.25, -0.2) is 4.98 Å². The summed E-state index contributed by atoms with van der Waals surface area (Å²) in [7, 11) is 0. The molecule has 2 aromatic rings. The first kappa shape index (κ1) is 9.52. The maximum absolute atomic E-state index is 5.34. The van der Waals surface area contributed by atoms with Gasteiger partial charge >= 0.3 is 0 Å². The van der Waals surface area contributed by atoms with Crippen molar-refractivity contribution < 1.29 is 4.42 Å². The van der Waals surface area contributed by atoms with Crippen molar-refractivity contribution in [2.75, 3.05) is 0 Å². The lowest BCUT2D eigenvalue weighted by atomic mass is 10.3. The van der Waals surface area contributed by atoms with Crippen molar-refractivity contribution in [2.45, 2.75) is 19.9 Å². The van der Waals surface area contributed by atoms with Crippen LogP contribution in [0.25, 0.3) is 11.5 Å². The Hall–Kier alpha value is -1.03. The van der Waals surface area contributed by atoms with Crippen LogP contribution in [0.1, 0.15) is 19.9 Å². The average molecular weight is 255 g/mol. The van der Waals surface area contributed by atoms with E-state index >= 15 is 0 Å². The predicted molar refractivity (Wildman–Crippen MR) is 58.0 cm³/mol. The molecule has 2 heterocycles. The molecule has 14 heavy (non-hydrogen) atoms. The highest BCUT2D eigenvalue weighted by Crippen LogP contribution is 2.27. The number of rotatable bonds is 2. The van der Waals surface area contributed by atoms with Crippen molar-refractivity contribution in [2.24, 2.45) is 0 Å². The normalized spacial score (nSPS) is 11.1. The molecule has 0 aromatic carbocycles. The lowest BCUT2D eigenvalue weighted by Gasteiger charge is -2.11. The Bertz CT molecular complexity index is 417. The second-order valence-electron chi connectivity index (χ2n) is 3.35. The third kappa shape index (κ3) is 1.50. The van der Waals surface area contributed by atoms with E-state index in [4.69, 9.17) is 4.42 Å². The molecule has 0 unspecified atom stereocenters. The Morgan fingerprint density at radius 3 is 2.86 bits per heavy atom. The van der Waals surface area contributed by atoms with Crippen LogP contribution in [-0.4, -0.2) is 9.55 Å². The number of aromatic nitrogens is 2. The van der Waals surface area contributed by atoms with Gasteiger partial charge in [0.1, 0.15) is 5.69 Å². The first-order valence-corrected chi connectivity index (χ1v) is 5.26. The molecule has 2 rings (SSSR count). The van der Waals surface area contributed by atoms with Crippen LogP contribution in [0.2, 0.25) is 0 Å². The van der Waals surface area contributed by atoms with E-state index in [1.54, 1.807) is 6.26 Å². The largest absolute Gasteiger partial charge is 0.463 e. The van der Waals surface area contributed by atoms with Crippen LogP contribution in [0, 0.1) is 0 Å². The Morgan fingerprint density at radius 2 is 2.29 bits per heavy atom. The van der Waals surface area contributed by atoms with Gasteiger partial charge in [-0.15, -0.1) is 0 Å². The fourth-order valence-electron chi connectivity index (χ4n) is 1.44. The topological polar surface area (TPSA) is 31.0 Å². The van der Waals surface area contributed by atoms with Crippen LogP contribution in [0.15, 0.2) is 33.7 Å². The summed E-state index contributed by atoms with van der Waals surface area (Å²) < 4.78 is 8.26. The summed E-state index contributed by atoms with van der Waals surface area (Å²) in [4.78, 5) is 4.21. The highest BCUT2D eigenvalue weighted by Gasteiger charge is 2.13. The molecule has 3 nitrogen and oxygen atoms in total. The van der Waals surface area contributed by atoms with Crippen LogP contribution >= 0.6 is 15.9 Å². The number of furan rings is 1. The van der Waals surface area contributed by atoms with Crippen molar-refractivity contribution in [3.63, 3.8) is 0 Å². The van der Waals surface area contributed by atoms with Gasteiger partial charge in [0.05, 0.1) is 12.5 Å². The van der Waals surface area contributed by atoms with Crippen LogP contribution in [0.3, 0.4) is 0 Å². The van der Waals surface area contributed by atoms with Gasteiger partial charge in [-0.05, 0) is 41.9 Å². The van der Waals surface area contributed by atoms with Gasteiger partial charge < -0.3 is 8.98 Å². The molecule has 0 saturated carbocycles. The van der Waals surface area contributed by atoms with Crippen molar-refractivity contribution in [3.8, 4) is 11.5 Å². The zero-order valence-electron chi connectivity index (χ0n) is 8.07. The summed E-state index contributed by atoms with van der Waals surface area (Å²) in [6, 6.07) is 4.16. The van der Waals surface area contributed by atoms with E-state index in [-0.39, 0.29) is 0 Å². The number of imidazole rings is 1. The molecular weight excluding hydrogens is 244 g/mol. The molecule has 0 aliphatic heterocycles. The zero-order valence-corrected chi connectivity index (χ0v) is 9.65. The Kier molecular flexibility index (Phi) is 2.46. The summed E-state index contributed by atoms with van der Waals surface area (Å²) in [5.41, 5.74) is 0.997. The smallest absolute Gasteiger partial charge is 0.177 e. The Labute approximate surface area is 90.9 Å². The molecular formula is C10H11BrN2O. The zero-order chi connectivity index (χ0) is 10.1. The second-order valence-corrected chi connectivity index (χ2v) is 4.06. The van der Waals surface area contributed by atoms with E-state index in [9.17, 15) is 0 Å². The highest BCUT2D eigenvalue weighted by atomic mass is 79.9. The molecule has 74 valence electrons. The van der Waals surface area contributed by atoms with E-state index in [2.05, 4.69) is 39.3 Å². The van der Waals surface area contributed by atoms with Gasteiger partial charge in [0.15, 0.2) is 10.5 Å². The number of halogens is 1. The standard InChI is InChI=1S/C10H11BrN2O/c1-7(2)13-8(6-12-10(13)11)9-4-3-5-14-9/h3-7H,1-2H3. The van der Waals surface area contributed by atoms with E-state index in [1.807, 2.05) is 18.3 Å². The fraction of sp³-hybridized carbons (Fsp3) is 0.300. The van der Waals surface area contributed by atoms with Gasteiger partial charge in [0, 0.05) is 6.04 Å². The van der Waals surface area contributed by atoms with Crippen LogP contribution in [0.4, 0.5) is 0 Å². The summed E-state index contributed by atoms with van der Waals surface area (Å²) in [6.07, 6.45) is 3.48. The first-order chi connectivity index (χ1) is 6.70. The molecule has 0 saturated heterocycles. The number of hydrogen-bond acceptors (Lipinski definition) is 2. The lowest BCUT2D eigenvalue weighted by molar-refractivity contribution is 0.550. The molecule has 0 N–H and O–H groups in total. The molecule has 0 bridgehead atoms. The summed E-state index contributed by atoms with van der Waals surface area (Å²) in [5, 5.41) is 0. The Morgan fingerprint density at radius 1 is 1.50 bits per heavy atom. The molecule has 0 atom stereocenters. The van der Waals surface area contributed by atoms with E-state index in [1.165, 1.54) is 0 Å². The molecule has 0 fully saturated rings. The lowest BCUT2D eigenvalue weighted by Crippen LogP contribution is -2.02. The molecule has 0 radical (unpaired) electrons. The molecule has 0 spiro atoms. The summed E-state index contributed by atoms with van der Waals surface area (Å²) in [5.74, 6) is 0.844. The third-order valence-electron chi connectivity index (χ3n) is 2.04. The molecule has 0 aliphatic rings. The maximum Gasteiger partial charge on any atom is 0.177 e. The minimum Gasteiger partial charge on any atom is -0.463 e. The van der Waals surface area contributed by atoms with Gasteiger partial charge in [0.25, 0.3) is 0 Å². The quantitative estimate of drug-likeness (QED) is 0.822. The number of hydrogen-bond donors (Lipinski definition) is 0. The predicted octanol–water partition coefficient (Wildman–Crippen LogP) is 3.49. The first-order valence-electron chi connectivity index (χ1n) is 4.46. The van der Waals surface area contributed by atoms with Crippen molar-refractivity contribution in [1.82, 2.24) is 9.55 Å². The second kappa shape index (κ2) is 3.61. The van der Waals surface area contributed by atoms with Gasteiger partial charge in [-0.3, -0.25) is 0 Å². The third-order valence-corrected chi connectivity index (χ3v) is 2.63. The summed E-state index contributed by atoms with van der Waals surface area (Å²) in [6.45, 7) is 4.22. The highest BCUT2D eigenvalue weighted by molar-refractivity contribution is 9.10. The van der Waals surface area contributed by atoms with E-state index < -0.39 is 0 Å². The summed E-state index contributed by atoms with van der Waals surface area (Å²) >= 11 is 3.41. The van der Waals surface area contributed by atoms with E-state index in [0.717, 1.165) is 16.2 Å². The molecule has 2 aromatic heterocycles. The minimum absolute atomic E-state index is 0.354. The monoisotopic (exact) mass is 254 g/mol. The van der Waals surface area contributed by atoms with Crippen LogP contribution in [0.5, 0.6) is 0 Å².